The van der Waals surface area contributed by atoms with Gasteiger partial charge in [-0.1, -0.05) is 0 Å². The van der Waals surface area contributed by atoms with Crippen LogP contribution in [0.5, 0.6) is 5.75 Å². The highest BCUT2D eigenvalue weighted by Gasteiger charge is 2.48. The van der Waals surface area contributed by atoms with Gasteiger partial charge in [-0.25, -0.2) is 22.0 Å². The van der Waals surface area contributed by atoms with E-state index < -0.39 is 63.3 Å². The van der Waals surface area contributed by atoms with Gasteiger partial charge in [-0.3, -0.25) is 9.62 Å². The molecule has 0 saturated heterocycles. The maximum atomic E-state index is 13.6. The number of nitrogens with zero attached hydrogens (tertiary/aromatic N) is 1. The number of halogens is 5. The second-order valence-electron chi connectivity index (χ2n) is 6.37. The van der Waals surface area contributed by atoms with Gasteiger partial charge < -0.3 is 14.9 Å². The minimum Gasteiger partial charge on any atom is -0.483 e. The van der Waals surface area contributed by atoms with Crippen molar-refractivity contribution in [2.75, 3.05) is 16.2 Å². The van der Waals surface area contributed by atoms with Crippen molar-refractivity contribution in [2.45, 2.75) is 23.3 Å². The monoisotopic (exact) mass is 468 g/mol. The molecule has 1 aliphatic heterocycles. The predicted octanol–water partition coefficient (Wildman–Crippen LogP) is 2.93. The number of anilines is 2. The first-order valence-electron chi connectivity index (χ1n) is 8.34. The number of aliphatic hydroxyl groups is 1. The number of nitrogens with one attached hydrogen (secondary N) is 1. The Kier molecular flexibility index (Phi) is 5.71. The molecule has 1 heterocycles. The van der Waals surface area contributed by atoms with Crippen molar-refractivity contribution in [3.05, 3.63) is 48.0 Å². The predicted molar refractivity (Wildman–Crippen MR) is 95.5 cm³/mol. The summed E-state index contributed by atoms with van der Waals surface area (Å²) in [5.74, 6) is -3.27. The number of alkyl halides is 3. The lowest BCUT2D eigenvalue weighted by atomic mass is 10.1. The lowest BCUT2D eigenvalue weighted by molar-refractivity contribution is -0.225. The largest absolute Gasteiger partial charge is 0.483 e. The number of aliphatic hydroxyl groups excluding tert-OH is 1. The molecule has 0 spiro atoms. The van der Waals surface area contributed by atoms with E-state index in [2.05, 4.69) is 0 Å². The second-order valence-corrected chi connectivity index (χ2v) is 8.23. The van der Waals surface area contributed by atoms with E-state index in [1.54, 1.807) is 0 Å². The quantitative estimate of drug-likeness (QED) is 0.595. The van der Waals surface area contributed by atoms with Crippen LogP contribution < -0.4 is 14.4 Å². The van der Waals surface area contributed by atoms with Crippen molar-refractivity contribution in [1.29, 1.82) is 0 Å². The molecule has 31 heavy (non-hydrogen) atoms. The number of sulfonamides is 1. The van der Waals surface area contributed by atoms with Crippen LogP contribution in [-0.2, 0) is 10.0 Å². The zero-order chi connectivity index (χ0) is 23.1. The van der Waals surface area contributed by atoms with Crippen LogP contribution in [-0.4, -0.2) is 49.7 Å². The molecule has 0 aromatic heterocycles. The highest BCUT2D eigenvalue weighted by Crippen LogP contribution is 2.41. The van der Waals surface area contributed by atoms with Gasteiger partial charge >= 0.3 is 12.3 Å². The van der Waals surface area contributed by atoms with Gasteiger partial charge in [0.05, 0.1) is 17.1 Å². The van der Waals surface area contributed by atoms with E-state index >= 15 is 0 Å². The second kappa shape index (κ2) is 7.85. The third-order valence-corrected chi connectivity index (χ3v) is 6.05. The molecule has 0 saturated carbocycles. The zero-order valence-electron chi connectivity index (χ0n) is 15.1. The van der Waals surface area contributed by atoms with E-state index in [0.717, 1.165) is 18.2 Å². The Morgan fingerprint density at radius 1 is 1.16 bits per heavy atom. The van der Waals surface area contributed by atoms with E-state index in [-0.39, 0.29) is 11.4 Å². The van der Waals surface area contributed by atoms with Gasteiger partial charge in [0.25, 0.3) is 10.0 Å². The van der Waals surface area contributed by atoms with Crippen LogP contribution in [0.15, 0.2) is 41.3 Å². The molecule has 2 aromatic carbocycles. The van der Waals surface area contributed by atoms with Gasteiger partial charge in [0, 0.05) is 5.69 Å². The summed E-state index contributed by atoms with van der Waals surface area (Å²) in [5.41, 5.74) is -0.517. The number of amides is 1. The minimum atomic E-state index is -5.15. The van der Waals surface area contributed by atoms with Gasteiger partial charge in [0.1, 0.15) is 5.75 Å². The van der Waals surface area contributed by atoms with Crippen LogP contribution in [0.4, 0.5) is 38.1 Å². The van der Waals surface area contributed by atoms with Crippen molar-refractivity contribution in [1.82, 2.24) is 0 Å². The number of hydrogen-bond donors (Lipinski definition) is 3. The number of fused-ring (bicyclic) bond motifs is 1. The standard InChI is InChI=1S/C17H13F5N2O6S/c18-10-3-2-9(6-11(10)19)31(28,29)24-7-14(15(25)17(20,21)22)30-13-4-1-8(5-12(13)24)23-16(26)27/h1-6,14-15,23,25H,7H2,(H,26,27)/t14-,15-/m1/s1. The number of benzene rings is 2. The number of rotatable bonds is 4. The van der Waals surface area contributed by atoms with Crippen molar-refractivity contribution in [3.8, 4) is 5.75 Å². The first-order chi connectivity index (χ1) is 14.3. The summed E-state index contributed by atoms with van der Waals surface area (Å²) in [7, 11) is -4.78. The zero-order valence-corrected chi connectivity index (χ0v) is 15.9. The molecule has 168 valence electrons. The molecule has 0 radical (unpaired) electrons. The lowest BCUT2D eigenvalue weighted by Crippen LogP contribution is -2.53. The average molecular weight is 468 g/mol. The fourth-order valence-corrected chi connectivity index (χ4v) is 4.33. The topological polar surface area (TPSA) is 116 Å². The molecule has 0 bridgehead atoms. The first-order valence-corrected chi connectivity index (χ1v) is 9.78. The maximum absolute atomic E-state index is 13.6. The Balaban J connectivity index is 2.13. The minimum absolute atomic E-state index is 0.143. The Labute approximate surface area is 171 Å². The van der Waals surface area contributed by atoms with E-state index in [9.17, 15) is 40.3 Å². The molecule has 2 atom stereocenters. The van der Waals surface area contributed by atoms with E-state index in [0.29, 0.717) is 22.5 Å². The third-order valence-electron chi connectivity index (χ3n) is 4.27. The Morgan fingerprint density at radius 2 is 1.84 bits per heavy atom. The molecular weight excluding hydrogens is 455 g/mol. The summed E-state index contributed by atoms with van der Waals surface area (Å²) >= 11 is 0. The maximum Gasteiger partial charge on any atom is 0.418 e. The van der Waals surface area contributed by atoms with Gasteiger partial charge in [0.15, 0.2) is 23.8 Å². The normalized spacial score (nSPS) is 17.5. The fourth-order valence-electron chi connectivity index (χ4n) is 2.84. The molecule has 0 fully saturated rings. The number of ether oxygens (including phenoxy) is 1. The summed E-state index contributed by atoms with van der Waals surface area (Å²) in [6.45, 7) is -1.05. The van der Waals surface area contributed by atoms with Gasteiger partial charge in [-0.05, 0) is 36.4 Å². The molecule has 2 aromatic rings. The van der Waals surface area contributed by atoms with Crippen LogP contribution in [0.1, 0.15) is 0 Å². The van der Waals surface area contributed by atoms with Crippen LogP contribution >= 0.6 is 0 Å². The van der Waals surface area contributed by atoms with Crippen molar-refractivity contribution in [3.63, 3.8) is 0 Å². The molecule has 3 rings (SSSR count). The molecule has 1 amide bonds. The summed E-state index contributed by atoms with van der Waals surface area (Å²) in [6.07, 6.45) is -11.8. The van der Waals surface area contributed by atoms with Crippen LogP contribution in [0.2, 0.25) is 0 Å². The molecule has 3 N–H and O–H groups in total. The summed E-state index contributed by atoms with van der Waals surface area (Å²) in [4.78, 5) is 10.1. The van der Waals surface area contributed by atoms with E-state index in [1.807, 2.05) is 5.32 Å². The molecule has 8 nitrogen and oxygen atoms in total. The van der Waals surface area contributed by atoms with Gasteiger partial charge in [0.2, 0.25) is 0 Å². The van der Waals surface area contributed by atoms with E-state index in [1.165, 1.54) is 0 Å². The molecule has 0 unspecified atom stereocenters. The average Bonchev–Trinajstić information content (AvgIpc) is 2.67. The molecule has 1 aliphatic rings. The van der Waals surface area contributed by atoms with E-state index in [4.69, 9.17) is 9.84 Å². The lowest BCUT2D eigenvalue weighted by Gasteiger charge is -2.37. The Morgan fingerprint density at radius 3 is 2.42 bits per heavy atom. The summed E-state index contributed by atoms with van der Waals surface area (Å²) in [6, 6.07) is 4.64. The van der Waals surface area contributed by atoms with Crippen molar-refractivity contribution in [2.24, 2.45) is 0 Å². The summed E-state index contributed by atoms with van der Waals surface area (Å²) < 4.78 is 97.4. The highest BCUT2D eigenvalue weighted by atomic mass is 32.2. The number of carbonyl (C=O) groups is 1. The van der Waals surface area contributed by atoms with Gasteiger partial charge in [-0.15, -0.1) is 0 Å². The number of hydrogen-bond acceptors (Lipinski definition) is 5. The van der Waals surface area contributed by atoms with Crippen molar-refractivity contribution >= 4 is 27.5 Å². The van der Waals surface area contributed by atoms with Crippen LogP contribution in [0.25, 0.3) is 0 Å². The Bertz CT molecular complexity index is 1120. The fraction of sp³-hybridized carbons (Fsp3) is 0.235. The first kappa shape index (κ1) is 22.6. The molecular formula is C17H13F5N2O6S. The summed E-state index contributed by atoms with van der Waals surface area (Å²) in [5, 5.41) is 20.3. The smallest absolute Gasteiger partial charge is 0.418 e. The van der Waals surface area contributed by atoms with Gasteiger partial charge in [-0.2, -0.15) is 13.2 Å². The van der Waals surface area contributed by atoms with Crippen LogP contribution in [0.3, 0.4) is 0 Å². The molecule has 0 aliphatic carbocycles. The Hall–Kier alpha value is -3.13. The van der Waals surface area contributed by atoms with Crippen molar-refractivity contribution < 1.29 is 50.1 Å². The molecule has 14 heteroatoms. The highest BCUT2D eigenvalue weighted by molar-refractivity contribution is 7.92. The SMILES string of the molecule is O=C(O)Nc1ccc2c(c1)N(S(=O)(=O)c1ccc(F)c(F)c1)C[C@H]([C@@H](O)C(F)(F)F)O2. The van der Waals surface area contributed by atoms with Crippen LogP contribution in [0, 0.1) is 11.6 Å². The number of carboxylic acid groups (broad SMARTS) is 1. The third kappa shape index (κ3) is 4.49.